The highest BCUT2D eigenvalue weighted by atomic mass is 32.1. The number of nitrogens with zero attached hydrogens (tertiary/aromatic N) is 1. The van der Waals surface area contributed by atoms with Gasteiger partial charge in [-0.15, -0.1) is 11.3 Å². The maximum absolute atomic E-state index is 5.82. The number of rotatable bonds is 4. The monoisotopic (exact) mass is 250 g/mol. The van der Waals surface area contributed by atoms with Crippen molar-refractivity contribution in [3.8, 4) is 11.5 Å². The summed E-state index contributed by atoms with van der Waals surface area (Å²) in [6.45, 7) is 2.38. The largest absolute Gasteiger partial charge is 0.497 e. The summed E-state index contributed by atoms with van der Waals surface area (Å²) in [6.07, 6.45) is 0. The zero-order valence-electron chi connectivity index (χ0n) is 9.77. The third kappa shape index (κ3) is 2.88. The molecule has 0 radical (unpaired) electrons. The van der Waals surface area contributed by atoms with E-state index in [4.69, 9.17) is 15.2 Å². The SMILES string of the molecule is COc1ccc(N)c(OCc2nc(C)cs2)c1. The molecule has 0 saturated heterocycles. The molecule has 0 bridgehead atoms. The number of anilines is 1. The lowest BCUT2D eigenvalue weighted by Gasteiger charge is -2.09. The molecule has 4 nitrogen and oxygen atoms in total. The van der Waals surface area contributed by atoms with Crippen LogP contribution in [0.4, 0.5) is 5.69 Å². The first-order valence-corrected chi connectivity index (χ1v) is 6.04. The van der Waals surface area contributed by atoms with Gasteiger partial charge in [0.1, 0.15) is 23.1 Å². The predicted molar refractivity (Wildman–Crippen MR) is 68.6 cm³/mol. The van der Waals surface area contributed by atoms with Gasteiger partial charge in [0.05, 0.1) is 12.8 Å². The van der Waals surface area contributed by atoms with Gasteiger partial charge in [-0.25, -0.2) is 4.98 Å². The molecule has 90 valence electrons. The summed E-state index contributed by atoms with van der Waals surface area (Å²) in [5.41, 5.74) is 7.42. The molecule has 2 aromatic rings. The lowest BCUT2D eigenvalue weighted by atomic mass is 10.3. The molecule has 1 heterocycles. The Morgan fingerprint density at radius 3 is 2.88 bits per heavy atom. The third-order valence-corrected chi connectivity index (χ3v) is 3.18. The highest BCUT2D eigenvalue weighted by molar-refractivity contribution is 7.09. The van der Waals surface area contributed by atoms with Crippen LogP contribution < -0.4 is 15.2 Å². The standard InChI is InChI=1S/C12H14N2O2S/c1-8-7-17-12(14-8)6-16-11-5-9(15-2)3-4-10(11)13/h3-5,7H,6,13H2,1-2H3. The van der Waals surface area contributed by atoms with Crippen molar-refractivity contribution in [3.63, 3.8) is 0 Å². The van der Waals surface area contributed by atoms with Crippen LogP contribution in [0, 0.1) is 6.92 Å². The van der Waals surface area contributed by atoms with Crippen LogP contribution in [0.15, 0.2) is 23.6 Å². The molecule has 0 aliphatic rings. The fourth-order valence-electron chi connectivity index (χ4n) is 1.38. The normalized spacial score (nSPS) is 10.2. The lowest BCUT2D eigenvalue weighted by Crippen LogP contribution is -1.99. The fourth-order valence-corrected chi connectivity index (χ4v) is 2.06. The van der Waals surface area contributed by atoms with Crippen LogP contribution in [0.5, 0.6) is 11.5 Å². The van der Waals surface area contributed by atoms with Gasteiger partial charge < -0.3 is 15.2 Å². The summed E-state index contributed by atoms with van der Waals surface area (Å²) in [4.78, 5) is 4.32. The number of ether oxygens (including phenoxy) is 2. The number of nitrogen functional groups attached to an aromatic ring is 1. The quantitative estimate of drug-likeness (QED) is 0.847. The molecular formula is C12H14N2O2S. The number of thiazole rings is 1. The van der Waals surface area contributed by atoms with E-state index in [2.05, 4.69) is 4.98 Å². The fraction of sp³-hybridized carbons (Fsp3) is 0.250. The van der Waals surface area contributed by atoms with E-state index in [0.717, 1.165) is 16.5 Å². The first kappa shape index (κ1) is 11.7. The van der Waals surface area contributed by atoms with Crippen LogP contribution >= 0.6 is 11.3 Å². The molecule has 1 aromatic heterocycles. The Hall–Kier alpha value is -1.75. The molecule has 0 aliphatic carbocycles. The van der Waals surface area contributed by atoms with E-state index in [1.807, 2.05) is 12.3 Å². The summed E-state index contributed by atoms with van der Waals surface area (Å²) < 4.78 is 10.7. The van der Waals surface area contributed by atoms with Gasteiger partial charge in [-0.3, -0.25) is 0 Å². The van der Waals surface area contributed by atoms with Crippen LogP contribution in [-0.2, 0) is 6.61 Å². The first-order valence-electron chi connectivity index (χ1n) is 5.16. The van der Waals surface area contributed by atoms with Crippen LogP contribution in [0.1, 0.15) is 10.7 Å². The number of hydrogen-bond donors (Lipinski definition) is 1. The molecular weight excluding hydrogens is 236 g/mol. The summed E-state index contributed by atoms with van der Waals surface area (Å²) in [5, 5.41) is 2.93. The Labute approximate surface area is 104 Å². The molecule has 0 aliphatic heterocycles. The molecule has 17 heavy (non-hydrogen) atoms. The molecule has 0 amide bonds. The topological polar surface area (TPSA) is 57.4 Å². The van der Waals surface area contributed by atoms with Crippen molar-refractivity contribution in [1.29, 1.82) is 0 Å². The van der Waals surface area contributed by atoms with Gasteiger partial charge in [0, 0.05) is 17.1 Å². The molecule has 0 spiro atoms. The van der Waals surface area contributed by atoms with Crippen molar-refractivity contribution in [2.75, 3.05) is 12.8 Å². The van der Waals surface area contributed by atoms with Crippen molar-refractivity contribution in [3.05, 3.63) is 34.3 Å². The lowest BCUT2D eigenvalue weighted by molar-refractivity contribution is 0.304. The molecule has 0 unspecified atom stereocenters. The molecule has 0 saturated carbocycles. The van der Waals surface area contributed by atoms with E-state index in [1.54, 1.807) is 36.6 Å². The zero-order valence-corrected chi connectivity index (χ0v) is 10.6. The zero-order chi connectivity index (χ0) is 12.3. The van der Waals surface area contributed by atoms with Gasteiger partial charge in [0.15, 0.2) is 0 Å². The van der Waals surface area contributed by atoms with Crippen LogP contribution in [0.2, 0.25) is 0 Å². The second-order valence-electron chi connectivity index (χ2n) is 3.58. The van der Waals surface area contributed by atoms with Crippen molar-refractivity contribution in [2.45, 2.75) is 13.5 Å². The smallest absolute Gasteiger partial charge is 0.146 e. The summed E-state index contributed by atoms with van der Waals surface area (Å²) in [5.74, 6) is 1.35. The molecule has 0 atom stereocenters. The Balaban J connectivity index is 2.07. The Morgan fingerprint density at radius 1 is 1.41 bits per heavy atom. The van der Waals surface area contributed by atoms with Crippen molar-refractivity contribution in [2.24, 2.45) is 0 Å². The van der Waals surface area contributed by atoms with E-state index in [-0.39, 0.29) is 0 Å². The van der Waals surface area contributed by atoms with Gasteiger partial charge in [0.2, 0.25) is 0 Å². The van der Waals surface area contributed by atoms with E-state index in [1.165, 1.54) is 0 Å². The second-order valence-corrected chi connectivity index (χ2v) is 4.52. The van der Waals surface area contributed by atoms with Crippen molar-refractivity contribution < 1.29 is 9.47 Å². The first-order chi connectivity index (χ1) is 8.19. The minimum Gasteiger partial charge on any atom is -0.497 e. The van der Waals surface area contributed by atoms with E-state index in [9.17, 15) is 0 Å². The molecule has 1 aromatic carbocycles. The number of benzene rings is 1. The van der Waals surface area contributed by atoms with Crippen molar-refractivity contribution in [1.82, 2.24) is 4.98 Å². The molecule has 0 fully saturated rings. The number of hydrogen-bond acceptors (Lipinski definition) is 5. The van der Waals surface area contributed by atoms with Gasteiger partial charge in [-0.1, -0.05) is 0 Å². The van der Waals surface area contributed by atoms with Gasteiger partial charge >= 0.3 is 0 Å². The number of aryl methyl sites for hydroxylation is 1. The molecule has 2 N–H and O–H groups in total. The average Bonchev–Trinajstić information content (AvgIpc) is 2.74. The van der Waals surface area contributed by atoms with Gasteiger partial charge in [0.25, 0.3) is 0 Å². The summed E-state index contributed by atoms with van der Waals surface area (Å²) in [7, 11) is 1.61. The van der Waals surface area contributed by atoms with Crippen LogP contribution in [-0.4, -0.2) is 12.1 Å². The second kappa shape index (κ2) is 5.05. The van der Waals surface area contributed by atoms with E-state index >= 15 is 0 Å². The Bertz CT molecular complexity index is 511. The molecule has 2 rings (SSSR count). The number of aromatic nitrogens is 1. The Kier molecular flexibility index (Phi) is 3.49. The Morgan fingerprint density at radius 2 is 2.24 bits per heavy atom. The van der Waals surface area contributed by atoms with E-state index < -0.39 is 0 Å². The summed E-state index contributed by atoms with van der Waals surface area (Å²) >= 11 is 1.58. The highest BCUT2D eigenvalue weighted by Crippen LogP contribution is 2.27. The number of methoxy groups -OCH3 is 1. The maximum Gasteiger partial charge on any atom is 0.146 e. The van der Waals surface area contributed by atoms with Gasteiger partial charge in [-0.2, -0.15) is 0 Å². The highest BCUT2D eigenvalue weighted by Gasteiger charge is 2.05. The number of nitrogens with two attached hydrogens (primary N) is 1. The average molecular weight is 250 g/mol. The van der Waals surface area contributed by atoms with Crippen LogP contribution in [0.3, 0.4) is 0 Å². The van der Waals surface area contributed by atoms with Gasteiger partial charge in [-0.05, 0) is 19.1 Å². The minimum absolute atomic E-state index is 0.426. The van der Waals surface area contributed by atoms with Crippen molar-refractivity contribution >= 4 is 17.0 Å². The molecule has 5 heteroatoms. The van der Waals surface area contributed by atoms with E-state index in [0.29, 0.717) is 18.0 Å². The maximum atomic E-state index is 5.82. The van der Waals surface area contributed by atoms with Crippen LogP contribution in [0.25, 0.3) is 0 Å². The third-order valence-electron chi connectivity index (χ3n) is 2.24. The minimum atomic E-state index is 0.426. The summed E-state index contributed by atoms with van der Waals surface area (Å²) in [6, 6.07) is 5.34. The predicted octanol–water partition coefficient (Wildman–Crippen LogP) is 2.62.